The first-order valence-corrected chi connectivity index (χ1v) is 9.07. The quantitative estimate of drug-likeness (QED) is 0.772. The Morgan fingerprint density at radius 3 is 2.85 bits per heavy atom. The molecule has 1 saturated heterocycles. The van der Waals surface area contributed by atoms with E-state index in [-0.39, 0.29) is 11.8 Å². The fourth-order valence-electron chi connectivity index (χ4n) is 3.63. The summed E-state index contributed by atoms with van der Waals surface area (Å²) in [5.74, 6) is -0.235. The SMILES string of the molecule is CC[C@H]1C(=O)NCCN1C(=O)c1cc(-c2ccnn2C)nc2ccccc12. The summed E-state index contributed by atoms with van der Waals surface area (Å²) in [6.07, 6.45) is 2.28. The third kappa shape index (κ3) is 2.95. The zero-order chi connectivity index (χ0) is 19.0. The van der Waals surface area contributed by atoms with Crippen LogP contribution >= 0.6 is 0 Å². The summed E-state index contributed by atoms with van der Waals surface area (Å²) in [7, 11) is 1.84. The number of fused-ring (bicyclic) bond motifs is 1. The van der Waals surface area contributed by atoms with E-state index in [1.54, 1.807) is 21.8 Å². The number of nitrogens with one attached hydrogen (secondary N) is 1. The highest BCUT2D eigenvalue weighted by Gasteiger charge is 2.33. The second-order valence-electron chi connectivity index (χ2n) is 6.63. The summed E-state index contributed by atoms with van der Waals surface area (Å²) in [6, 6.07) is 10.8. The van der Waals surface area contributed by atoms with Gasteiger partial charge in [-0.2, -0.15) is 5.10 Å². The van der Waals surface area contributed by atoms with Crippen molar-refractivity contribution in [3.8, 4) is 11.4 Å². The van der Waals surface area contributed by atoms with E-state index in [1.807, 2.05) is 44.3 Å². The van der Waals surface area contributed by atoms with Crippen molar-refractivity contribution in [1.29, 1.82) is 0 Å². The predicted molar refractivity (Wildman–Crippen MR) is 102 cm³/mol. The highest BCUT2D eigenvalue weighted by molar-refractivity contribution is 6.08. The minimum Gasteiger partial charge on any atom is -0.353 e. The van der Waals surface area contributed by atoms with Gasteiger partial charge in [0.15, 0.2) is 0 Å². The van der Waals surface area contributed by atoms with Crippen LogP contribution in [0.4, 0.5) is 0 Å². The number of hydrogen-bond acceptors (Lipinski definition) is 4. The first-order chi connectivity index (χ1) is 13.1. The average molecular weight is 363 g/mol. The number of nitrogens with zero attached hydrogens (tertiary/aromatic N) is 4. The molecule has 1 atom stereocenters. The van der Waals surface area contributed by atoms with E-state index < -0.39 is 6.04 Å². The molecule has 2 aromatic heterocycles. The molecule has 0 saturated carbocycles. The molecule has 7 heteroatoms. The predicted octanol–water partition coefficient (Wildman–Crippen LogP) is 1.99. The lowest BCUT2D eigenvalue weighted by atomic mass is 10.0. The van der Waals surface area contributed by atoms with Gasteiger partial charge in [-0.3, -0.25) is 14.3 Å². The van der Waals surface area contributed by atoms with Gasteiger partial charge in [0, 0.05) is 31.7 Å². The van der Waals surface area contributed by atoms with Crippen LogP contribution in [-0.2, 0) is 11.8 Å². The molecule has 27 heavy (non-hydrogen) atoms. The van der Waals surface area contributed by atoms with Gasteiger partial charge in [-0.25, -0.2) is 4.98 Å². The zero-order valence-electron chi connectivity index (χ0n) is 15.3. The van der Waals surface area contributed by atoms with Crippen molar-refractivity contribution in [2.75, 3.05) is 13.1 Å². The van der Waals surface area contributed by atoms with Crippen LogP contribution in [0.2, 0.25) is 0 Å². The number of aromatic nitrogens is 3. The number of amides is 2. The van der Waals surface area contributed by atoms with Crippen molar-refractivity contribution in [2.24, 2.45) is 7.05 Å². The number of carbonyl (C=O) groups excluding carboxylic acids is 2. The van der Waals surface area contributed by atoms with E-state index in [2.05, 4.69) is 10.4 Å². The Bertz CT molecular complexity index is 1030. The number of aryl methyl sites for hydroxylation is 1. The van der Waals surface area contributed by atoms with Gasteiger partial charge in [0.05, 0.1) is 22.5 Å². The van der Waals surface area contributed by atoms with Gasteiger partial charge < -0.3 is 10.2 Å². The van der Waals surface area contributed by atoms with Gasteiger partial charge >= 0.3 is 0 Å². The lowest BCUT2D eigenvalue weighted by Gasteiger charge is -2.34. The van der Waals surface area contributed by atoms with Crippen molar-refractivity contribution in [1.82, 2.24) is 25.0 Å². The number of piperazine rings is 1. The molecule has 0 bridgehead atoms. The molecule has 7 nitrogen and oxygen atoms in total. The Labute approximate surface area is 157 Å². The van der Waals surface area contributed by atoms with Crippen LogP contribution in [0.5, 0.6) is 0 Å². The Balaban J connectivity index is 1.86. The third-order valence-electron chi connectivity index (χ3n) is 5.01. The van der Waals surface area contributed by atoms with Gasteiger partial charge in [-0.15, -0.1) is 0 Å². The standard InChI is InChI=1S/C20H21N5O2/c1-3-17-19(26)21-10-11-25(17)20(27)14-12-16(18-8-9-22-24(18)2)23-15-7-5-4-6-13(14)15/h4-9,12,17H,3,10-11H2,1-2H3,(H,21,26)/t17-/m0/s1. The summed E-state index contributed by atoms with van der Waals surface area (Å²) in [4.78, 5) is 32.0. The fraction of sp³-hybridized carbons (Fsp3) is 0.300. The van der Waals surface area contributed by atoms with Crippen molar-refractivity contribution >= 4 is 22.7 Å². The van der Waals surface area contributed by atoms with Crippen molar-refractivity contribution in [3.63, 3.8) is 0 Å². The number of hydrogen-bond donors (Lipinski definition) is 1. The number of carbonyl (C=O) groups is 2. The molecular weight excluding hydrogens is 342 g/mol. The molecule has 0 radical (unpaired) electrons. The molecule has 1 fully saturated rings. The molecule has 3 heterocycles. The van der Waals surface area contributed by atoms with Crippen LogP contribution in [0.3, 0.4) is 0 Å². The first kappa shape index (κ1) is 17.2. The molecule has 4 rings (SSSR count). The molecule has 2 amide bonds. The van der Waals surface area contributed by atoms with Gasteiger partial charge in [-0.1, -0.05) is 25.1 Å². The summed E-state index contributed by atoms with van der Waals surface area (Å²) in [6.45, 7) is 2.89. The lowest BCUT2D eigenvalue weighted by molar-refractivity contribution is -0.127. The highest BCUT2D eigenvalue weighted by atomic mass is 16.2. The number of pyridine rings is 1. The van der Waals surface area contributed by atoms with E-state index in [0.717, 1.165) is 16.6 Å². The molecule has 1 aliphatic heterocycles. The van der Waals surface area contributed by atoms with E-state index in [0.29, 0.717) is 30.8 Å². The first-order valence-electron chi connectivity index (χ1n) is 9.07. The third-order valence-corrected chi connectivity index (χ3v) is 5.01. The van der Waals surface area contributed by atoms with Gasteiger partial charge in [0.25, 0.3) is 5.91 Å². The summed E-state index contributed by atoms with van der Waals surface area (Å²) in [5.41, 5.74) is 2.82. The molecule has 0 spiro atoms. The molecule has 1 N–H and O–H groups in total. The molecule has 3 aromatic rings. The van der Waals surface area contributed by atoms with Gasteiger partial charge in [0.1, 0.15) is 6.04 Å². The summed E-state index contributed by atoms with van der Waals surface area (Å²) in [5, 5.41) is 7.83. The second-order valence-corrected chi connectivity index (χ2v) is 6.63. The average Bonchev–Trinajstić information content (AvgIpc) is 3.12. The number of benzene rings is 1. The number of rotatable bonds is 3. The van der Waals surface area contributed by atoms with E-state index in [1.165, 1.54) is 0 Å². The van der Waals surface area contributed by atoms with E-state index >= 15 is 0 Å². The van der Waals surface area contributed by atoms with Crippen LogP contribution in [0.25, 0.3) is 22.3 Å². The molecule has 1 aromatic carbocycles. The van der Waals surface area contributed by atoms with Gasteiger partial charge in [-0.05, 0) is 24.6 Å². The molecule has 0 unspecified atom stereocenters. The molecule has 138 valence electrons. The highest BCUT2D eigenvalue weighted by Crippen LogP contribution is 2.26. The maximum atomic E-state index is 13.4. The second kappa shape index (κ2) is 6.83. The monoisotopic (exact) mass is 363 g/mol. The summed E-state index contributed by atoms with van der Waals surface area (Å²) >= 11 is 0. The topological polar surface area (TPSA) is 80.1 Å². The van der Waals surface area contributed by atoms with E-state index in [9.17, 15) is 9.59 Å². The van der Waals surface area contributed by atoms with Crippen molar-refractivity contribution in [3.05, 3.63) is 48.2 Å². The van der Waals surface area contributed by atoms with Crippen molar-refractivity contribution in [2.45, 2.75) is 19.4 Å². The minimum atomic E-state index is -0.446. The normalized spacial score (nSPS) is 17.2. The fourth-order valence-corrected chi connectivity index (χ4v) is 3.63. The lowest BCUT2D eigenvalue weighted by Crippen LogP contribution is -2.56. The maximum Gasteiger partial charge on any atom is 0.255 e. The Morgan fingerprint density at radius 2 is 2.11 bits per heavy atom. The smallest absolute Gasteiger partial charge is 0.255 e. The Kier molecular flexibility index (Phi) is 4.35. The van der Waals surface area contributed by atoms with Crippen molar-refractivity contribution < 1.29 is 9.59 Å². The zero-order valence-corrected chi connectivity index (χ0v) is 15.3. The summed E-state index contributed by atoms with van der Waals surface area (Å²) < 4.78 is 1.73. The van der Waals surface area contributed by atoms with Crippen LogP contribution in [0, 0.1) is 0 Å². The van der Waals surface area contributed by atoms with Crippen LogP contribution in [-0.4, -0.2) is 50.6 Å². The molecule has 0 aliphatic carbocycles. The minimum absolute atomic E-state index is 0.0951. The Morgan fingerprint density at radius 1 is 1.30 bits per heavy atom. The molecule has 1 aliphatic rings. The largest absolute Gasteiger partial charge is 0.353 e. The number of para-hydroxylation sites is 1. The van der Waals surface area contributed by atoms with Crippen LogP contribution < -0.4 is 5.32 Å². The van der Waals surface area contributed by atoms with Crippen LogP contribution in [0.15, 0.2) is 42.6 Å². The Hall–Kier alpha value is -3.22. The van der Waals surface area contributed by atoms with E-state index in [4.69, 9.17) is 4.98 Å². The van der Waals surface area contributed by atoms with Gasteiger partial charge in [0.2, 0.25) is 5.91 Å². The van der Waals surface area contributed by atoms with Crippen LogP contribution in [0.1, 0.15) is 23.7 Å². The maximum absolute atomic E-state index is 13.4. The molecular formula is C20H21N5O2.